The van der Waals surface area contributed by atoms with Crippen LogP contribution in [0.4, 0.5) is 0 Å². The maximum Gasteiger partial charge on any atom is 0.182 e. The molecule has 1 aromatic heterocycles. The molecule has 6 heteroatoms. The van der Waals surface area contributed by atoms with E-state index in [2.05, 4.69) is 132 Å². The van der Waals surface area contributed by atoms with Gasteiger partial charge in [-0.05, 0) is 76.9 Å². The highest BCUT2D eigenvalue weighted by atomic mass is 35.5. The first kappa shape index (κ1) is 30.1. The molecule has 4 aliphatic heterocycles. The van der Waals surface area contributed by atoms with E-state index >= 15 is 0 Å². The number of aliphatic imine (C=N–C) groups is 2. The summed E-state index contributed by atoms with van der Waals surface area (Å²) in [6.45, 7) is 0. The third-order valence-electron chi connectivity index (χ3n) is 12.3. The molecule has 0 saturated heterocycles. The molecule has 52 heavy (non-hydrogen) atoms. The van der Waals surface area contributed by atoms with Gasteiger partial charge in [-0.1, -0.05) is 132 Å². The molecule has 0 amide bonds. The van der Waals surface area contributed by atoms with Crippen molar-refractivity contribution in [2.24, 2.45) is 15.9 Å². The second-order valence-corrected chi connectivity index (χ2v) is 15.2. The third kappa shape index (κ3) is 3.34. The van der Waals surface area contributed by atoms with Crippen molar-refractivity contribution < 1.29 is 4.79 Å². The first-order valence-electron chi connectivity index (χ1n) is 17.5. The van der Waals surface area contributed by atoms with Crippen molar-refractivity contribution in [1.82, 2.24) is 4.98 Å². The van der Waals surface area contributed by atoms with Gasteiger partial charge in [-0.3, -0.25) is 14.8 Å². The van der Waals surface area contributed by atoms with Crippen LogP contribution in [0.3, 0.4) is 0 Å². The summed E-state index contributed by atoms with van der Waals surface area (Å²) in [7, 11) is 0. The lowest BCUT2D eigenvalue weighted by molar-refractivity contribution is -0.123. The Kier molecular flexibility index (Phi) is 5.95. The lowest BCUT2D eigenvalue weighted by Gasteiger charge is -2.81. The number of nitrogens with one attached hydrogen (secondary N) is 1. The van der Waals surface area contributed by atoms with E-state index in [4.69, 9.17) is 33.2 Å². The number of hydrogen-bond donors (Lipinski definition) is 1. The average molecular weight is 711 g/mol. The average Bonchev–Trinajstić information content (AvgIpc) is 3.95. The third-order valence-corrected chi connectivity index (χ3v) is 12.8. The molecule has 5 atom stereocenters. The van der Waals surface area contributed by atoms with Crippen LogP contribution in [0.15, 0.2) is 179 Å². The van der Waals surface area contributed by atoms with E-state index in [0.717, 1.165) is 61.1 Å². The van der Waals surface area contributed by atoms with Crippen LogP contribution in [0.2, 0.25) is 10.0 Å². The highest BCUT2D eigenvalue weighted by Crippen LogP contribution is 2.83. The minimum atomic E-state index is -0.976. The van der Waals surface area contributed by atoms with Gasteiger partial charge in [0, 0.05) is 43.4 Å². The number of ketones is 1. The van der Waals surface area contributed by atoms with Gasteiger partial charge in [0.25, 0.3) is 0 Å². The molecule has 1 saturated carbocycles. The molecule has 4 aliphatic carbocycles. The fourth-order valence-corrected chi connectivity index (χ4v) is 10.9. The van der Waals surface area contributed by atoms with Gasteiger partial charge in [0.2, 0.25) is 0 Å². The number of carbonyl (C=O) groups is 1. The zero-order valence-corrected chi connectivity index (χ0v) is 29.2. The molecule has 5 aromatic rings. The Morgan fingerprint density at radius 2 is 1.08 bits per heavy atom. The number of allylic oxidation sites excluding steroid dienone is 5. The van der Waals surface area contributed by atoms with Gasteiger partial charge in [0.05, 0.1) is 22.3 Å². The smallest absolute Gasteiger partial charge is 0.182 e. The number of halogens is 2. The summed E-state index contributed by atoms with van der Waals surface area (Å²) in [5.74, 6) is -0.180. The van der Waals surface area contributed by atoms with Gasteiger partial charge in [-0.25, -0.2) is 0 Å². The zero-order valence-electron chi connectivity index (χ0n) is 27.7. The van der Waals surface area contributed by atoms with E-state index in [1.54, 1.807) is 6.08 Å². The molecule has 13 rings (SSSR count). The number of carbonyl (C=O) groups excluding carboxylic acids is 1. The lowest BCUT2D eigenvalue weighted by Crippen LogP contribution is -2.92. The Hall–Kier alpha value is -5.55. The van der Waals surface area contributed by atoms with E-state index in [0.29, 0.717) is 10.0 Å². The monoisotopic (exact) mass is 709 g/mol. The van der Waals surface area contributed by atoms with Crippen molar-refractivity contribution in [3.05, 3.63) is 212 Å². The number of aromatic nitrogens is 1. The number of aromatic amines is 1. The molecule has 1 fully saturated rings. The molecule has 1 N–H and O–H groups in total. The Labute approximate surface area is 310 Å². The summed E-state index contributed by atoms with van der Waals surface area (Å²) in [6.07, 6.45) is 15.0. The Balaban J connectivity index is 1.37. The van der Waals surface area contributed by atoms with E-state index in [-0.39, 0.29) is 11.7 Å². The zero-order chi connectivity index (χ0) is 34.9. The van der Waals surface area contributed by atoms with Crippen molar-refractivity contribution in [2.75, 3.05) is 0 Å². The summed E-state index contributed by atoms with van der Waals surface area (Å²) >= 11 is 12.9. The summed E-state index contributed by atoms with van der Waals surface area (Å²) in [4.78, 5) is 30.3. The van der Waals surface area contributed by atoms with Crippen molar-refractivity contribution in [2.45, 2.75) is 21.9 Å². The van der Waals surface area contributed by atoms with Gasteiger partial charge in [-0.15, -0.1) is 0 Å². The molecule has 0 radical (unpaired) electrons. The molecule has 2 spiro atoms. The van der Waals surface area contributed by atoms with Crippen LogP contribution < -0.4 is 10.7 Å². The second kappa shape index (κ2) is 10.3. The van der Waals surface area contributed by atoms with E-state index in [1.165, 1.54) is 0 Å². The van der Waals surface area contributed by atoms with E-state index in [1.807, 2.05) is 30.3 Å². The summed E-state index contributed by atoms with van der Waals surface area (Å²) in [6, 6.07) is 41.3. The minimum absolute atomic E-state index is 0.00243. The van der Waals surface area contributed by atoms with Crippen LogP contribution in [0, 0.1) is 5.92 Å². The minimum Gasteiger partial charge on any atom is -0.354 e. The molecule has 248 valence electrons. The normalized spacial score (nSPS) is 31.0. The first-order valence-corrected chi connectivity index (χ1v) is 18.3. The van der Waals surface area contributed by atoms with Crippen LogP contribution in [-0.2, 0) is 15.6 Å². The largest absolute Gasteiger partial charge is 0.354 e. The van der Waals surface area contributed by atoms with Crippen LogP contribution in [0.25, 0.3) is 11.1 Å². The molecular weight excluding hydrogens is 681 g/mol. The highest BCUT2D eigenvalue weighted by molar-refractivity contribution is 6.33. The van der Waals surface area contributed by atoms with Crippen LogP contribution in [-0.4, -0.2) is 33.3 Å². The molecular formula is C46H29Cl2N3O. The lowest BCUT2D eigenvalue weighted by atomic mass is 9.21. The topological polar surface area (TPSA) is 57.6 Å². The predicted octanol–water partition coefficient (Wildman–Crippen LogP) is 7.82. The molecule has 4 aromatic carbocycles. The standard InChI is InChI=1S/C46H29Cl2N3O/c47-33-16-11-28(12-17-33)41-36-20-21-37(49-36)42(29-13-18-34(48)19-14-29)39-24-26-44(51-39)45(30-7-3-1-4-8-30)32-15-22-40(52)35(27-32)46(44,31-9-5-2-6-10-31)43(45)25-23-38(41)50-43/h1-27,32,49H/b41-36-,42-37?. The van der Waals surface area contributed by atoms with Crippen molar-refractivity contribution in [1.29, 1.82) is 0 Å². The summed E-state index contributed by atoms with van der Waals surface area (Å²) < 4.78 is 0. The maximum atomic E-state index is 14.5. The summed E-state index contributed by atoms with van der Waals surface area (Å²) in [5.41, 5.74) is 4.87. The SMILES string of the molecule is O=C1C=CC2C=C1C1(c3ccccc3)C34C=CC(=N3)C(c3ccc(Cl)cc3)=c3cc/c([nH]3)=C(\c3ccc(Cl)cc3)C3=NC1(C=C3)C24c1ccccc1. The van der Waals surface area contributed by atoms with Crippen LogP contribution in [0.5, 0.6) is 0 Å². The van der Waals surface area contributed by atoms with E-state index < -0.39 is 21.9 Å². The van der Waals surface area contributed by atoms with Gasteiger partial charge in [0.1, 0.15) is 11.1 Å². The van der Waals surface area contributed by atoms with Crippen molar-refractivity contribution >= 4 is 51.6 Å². The Morgan fingerprint density at radius 3 is 1.60 bits per heavy atom. The molecule has 4 nitrogen and oxygen atoms in total. The maximum absolute atomic E-state index is 14.5. The Morgan fingerprint density at radius 1 is 0.577 bits per heavy atom. The second-order valence-electron chi connectivity index (χ2n) is 14.4. The van der Waals surface area contributed by atoms with Crippen LogP contribution >= 0.6 is 23.2 Å². The fourth-order valence-electron chi connectivity index (χ4n) is 10.7. The van der Waals surface area contributed by atoms with E-state index in [9.17, 15) is 4.79 Å². The number of nitrogens with zero attached hydrogens (tertiary/aromatic N) is 2. The van der Waals surface area contributed by atoms with Gasteiger partial charge >= 0.3 is 0 Å². The number of benzene rings is 4. The number of hydrogen-bond acceptors (Lipinski definition) is 3. The van der Waals surface area contributed by atoms with Gasteiger partial charge < -0.3 is 4.98 Å². The fraction of sp³-hybridized carbons (Fsp3) is 0.109. The summed E-state index contributed by atoms with van der Waals surface area (Å²) in [5, 5.41) is 3.16. The van der Waals surface area contributed by atoms with Gasteiger partial charge in [0.15, 0.2) is 5.78 Å². The molecule has 5 heterocycles. The Bertz CT molecular complexity index is 2590. The predicted molar refractivity (Wildman–Crippen MR) is 209 cm³/mol. The van der Waals surface area contributed by atoms with Gasteiger partial charge in [-0.2, -0.15) is 0 Å². The molecule has 8 aliphatic rings. The first-order chi connectivity index (χ1) is 25.4. The number of H-pyrrole nitrogens is 1. The highest BCUT2D eigenvalue weighted by Gasteiger charge is 2.93. The number of rotatable bonds is 4. The molecule has 10 bridgehead atoms. The van der Waals surface area contributed by atoms with Crippen LogP contribution in [0.1, 0.15) is 22.3 Å². The van der Waals surface area contributed by atoms with Crippen molar-refractivity contribution in [3.63, 3.8) is 0 Å². The molecule has 5 unspecified atom stereocenters. The quantitative estimate of drug-likeness (QED) is 0.203. The van der Waals surface area contributed by atoms with Crippen molar-refractivity contribution in [3.8, 4) is 0 Å².